The Morgan fingerprint density at radius 1 is 0.290 bits per heavy atom. The van der Waals surface area contributed by atoms with Crippen LogP contribution in [0.3, 0.4) is 0 Å². The molecular formula is C81H140O17P2. The van der Waals surface area contributed by atoms with Crippen molar-refractivity contribution >= 4 is 39.5 Å². The first-order chi connectivity index (χ1) is 48.7. The SMILES string of the molecule is CC/C=C\C/C=C\C/C=C\CCCCCCCCCC(=O)OCC(COP(=O)(O)OCC(O)COP(=O)(O)OCC(COC(=O)CCCCCCC/C=C\C/C=C\C/C=C\CC)OC(=O)CCCCCCC/C=C\CCCCCC)OC(=O)CCCCCCC/C=C\C/C=C\CCCCC. The Morgan fingerprint density at radius 3 is 0.830 bits per heavy atom. The minimum absolute atomic E-state index is 0.0756. The third-order valence-corrected chi connectivity index (χ3v) is 18.1. The quantitative estimate of drug-likeness (QED) is 0.0169. The van der Waals surface area contributed by atoms with Crippen LogP contribution >= 0.6 is 15.6 Å². The van der Waals surface area contributed by atoms with Gasteiger partial charge < -0.3 is 33.8 Å². The number of phosphoric ester groups is 2. The molecule has 0 bridgehead atoms. The number of ether oxygens (including phenoxy) is 4. The van der Waals surface area contributed by atoms with E-state index in [1.165, 1.54) is 44.9 Å². The number of carbonyl (C=O) groups excluding carboxylic acids is 4. The van der Waals surface area contributed by atoms with Gasteiger partial charge in [0.1, 0.15) is 19.3 Å². The van der Waals surface area contributed by atoms with E-state index in [1.54, 1.807) is 0 Å². The van der Waals surface area contributed by atoms with E-state index in [0.29, 0.717) is 25.7 Å². The smallest absolute Gasteiger partial charge is 0.462 e. The van der Waals surface area contributed by atoms with Crippen molar-refractivity contribution in [1.82, 2.24) is 0 Å². The van der Waals surface area contributed by atoms with Crippen LogP contribution in [-0.4, -0.2) is 96.7 Å². The van der Waals surface area contributed by atoms with Gasteiger partial charge in [0.05, 0.1) is 26.4 Å². The van der Waals surface area contributed by atoms with Crippen molar-refractivity contribution in [3.8, 4) is 0 Å². The molecular weight excluding hydrogens is 1310 g/mol. The molecule has 0 spiro atoms. The molecule has 0 saturated carbocycles. The van der Waals surface area contributed by atoms with E-state index in [-0.39, 0.29) is 25.7 Å². The highest BCUT2D eigenvalue weighted by molar-refractivity contribution is 7.47. The zero-order chi connectivity index (χ0) is 73.2. The zero-order valence-corrected chi connectivity index (χ0v) is 64.6. The molecule has 3 N–H and O–H groups in total. The van der Waals surface area contributed by atoms with Gasteiger partial charge >= 0.3 is 39.5 Å². The lowest BCUT2D eigenvalue weighted by Gasteiger charge is -2.21. The Balaban J connectivity index is 5.37. The van der Waals surface area contributed by atoms with Crippen LogP contribution in [-0.2, 0) is 65.4 Å². The van der Waals surface area contributed by atoms with E-state index in [4.69, 9.17) is 37.0 Å². The van der Waals surface area contributed by atoms with Gasteiger partial charge in [-0.1, -0.05) is 259 Å². The van der Waals surface area contributed by atoms with Crippen molar-refractivity contribution in [3.05, 3.63) is 109 Å². The molecule has 0 aliphatic carbocycles. The maximum atomic E-state index is 13.1. The van der Waals surface area contributed by atoms with Crippen molar-refractivity contribution in [2.24, 2.45) is 0 Å². The molecule has 5 unspecified atom stereocenters. The Kier molecular flexibility index (Phi) is 69.9. The summed E-state index contributed by atoms with van der Waals surface area (Å²) in [7, 11) is -9.96. The van der Waals surface area contributed by atoms with Gasteiger partial charge in [-0.15, -0.1) is 0 Å². The first-order valence-electron chi connectivity index (χ1n) is 39.1. The molecule has 0 rings (SSSR count). The van der Waals surface area contributed by atoms with Gasteiger partial charge in [-0.3, -0.25) is 37.3 Å². The highest BCUT2D eigenvalue weighted by Crippen LogP contribution is 2.45. The van der Waals surface area contributed by atoms with Crippen LogP contribution in [0.1, 0.15) is 323 Å². The molecule has 0 heterocycles. The van der Waals surface area contributed by atoms with E-state index in [1.807, 2.05) is 0 Å². The second kappa shape index (κ2) is 73.0. The number of esters is 4. The fraction of sp³-hybridized carbons (Fsp3) is 0.728. The standard InChI is InChI=1S/C81H140O17P2/c1-5-9-13-17-21-25-29-33-36-37-40-43-46-50-54-58-62-66-79(84)92-72-77(98-81(86)68-64-60-56-52-48-44-39-35-31-27-23-19-15-11-7-3)74-96-100(89,90)94-70-75(82)69-93-99(87,88)95-73-76(97-80(85)67-63-59-55-51-47-41-32-28-24-20-16-12-8-4)71-91-78(83)65-61-57-53-49-45-42-38-34-30-26-22-18-14-10-6-2/h9-10,13-14,21-23,25-28,32-36,38-39,75-77,82H,5-8,11-12,15-20,24,29-31,37,40-74H2,1-4H3,(H,87,88)(H,89,90)/b13-9-,14-10-,25-21-,26-22-,27-23-,32-28-,36-33-,38-34-,39-35-. The molecule has 19 heteroatoms. The van der Waals surface area contributed by atoms with Gasteiger partial charge in [-0.2, -0.15) is 0 Å². The first kappa shape index (κ1) is 95.7. The van der Waals surface area contributed by atoms with Crippen LogP contribution in [0.25, 0.3) is 0 Å². The normalized spacial score (nSPS) is 14.5. The largest absolute Gasteiger partial charge is 0.472 e. The molecule has 100 heavy (non-hydrogen) atoms. The summed E-state index contributed by atoms with van der Waals surface area (Å²) in [4.78, 5) is 72.9. The second-order valence-corrected chi connectivity index (χ2v) is 28.8. The van der Waals surface area contributed by atoms with Gasteiger partial charge in [0.15, 0.2) is 12.2 Å². The summed E-state index contributed by atoms with van der Waals surface area (Å²) in [6, 6.07) is 0. The molecule has 0 amide bonds. The summed E-state index contributed by atoms with van der Waals surface area (Å²) < 4.78 is 68.5. The lowest BCUT2D eigenvalue weighted by molar-refractivity contribution is -0.161. The maximum absolute atomic E-state index is 13.1. The van der Waals surface area contributed by atoms with Crippen molar-refractivity contribution in [2.45, 2.75) is 341 Å². The van der Waals surface area contributed by atoms with Crippen molar-refractivity contribution < 1.29 is 80.2 Å². The lowest BCUT2D eigenvalue weighted by atomic mass is 10.1. The molecule has 0 aromatic carbocycles. The topological polar surface area (TPSA) is 237 Å². The average Bonchev–Trinajstić information content (AvgIpc) is 1.06. The van der Waals surface area contributed by atoms with Crippen molar-refractivity contribution in [1.29, 1.82) is 0 Å². The summed E-state index contributed by atoms with van der Waals surface area (Å²) in [5.41, 5.74) is 0. The predicted molar refractivity (Wildman–Crippen MR) is 408 cm³/mol. The van der Waals surface area contributed by atoms with E-state index in [0.717, 1.165) is 199 Å². The van der Waals surface area contributed by atoms with Gasteiger partial charge in [0.25, 0.3) is 0 Å². The molecule has 0 saturated heterocycles. The molecule has 17 nitrogen and oxygen atoms in total. The Hall–Kier alpha value is -4.28. The number of phosphoric acid groups is 2. The highest BCUT2D eigenvalue weighted by atomic mass is 31.2. The number of rotatable bonds is 73. The van der Waals surface area contributed by atoms with Crippen LogP contribution in [0.2, 0.25) is 0 Å². The number of allylic oxidation sites excluding steroid dienone is 18. The van der Waals surface area contributed by atoms with Gasteiger partial charge in [-0.25, -0.2) is 9.13 Å². The van der Waals surface area contributed by atoms with E-state index < -0.39 is 97.5 Å². The number of carbonyl (C=O) groups is 4. The van der Waals surface area contributed by atoms with Gasteiger partial charge in [0.2, 0.25) is 0 Å². The maximum Gasteiger partial charge on any atom is 0.472 e. The predicted octanol–water partition coefficient (Wildman–Crippen LogP) is 22.6. The van der Waals surface area contributed by atoms with Crippen molar-refractivity contribution in [3.63, 3.8) is 0 Å². The van der Waals surface area contributed by atoms with Crippen LogP contribution in [0.4, 0.5) is 0 Å². The van der Waals surface area contributed by atoms with Crippen LogP contribution in [0, 0.1) is 0 Å². The van der Waals surface area contributed by atoms with E-state index in [9.17, 15) is 43.2 Å². The van der Waals surface area contributed by atoms with E-state index >= 15 is 0 Å². The molecule has 0 fully saturated rings. The number of aliphatic hydroxyl groups is 1. The molecule has 0 radical (unpaired) electrons. The molecule has 0 aromatic heterocycles. The summed E-state index contributed by atoms with van der Waals surface area (Å²) in [6.07, 6.45) is 77.8. The molecule has 0 aliphatic heterocycles. The first-order valence-corrected chi connectivity index (χ1v) is 42.1. The highest BCUT2D eigenvalue weighted by Gasteiger charge is 2.30. The second-order valence-electron chi connectivity index (χ2n) is 25.9. The number of unbranched alkanes of at least 4 members (excludes halogenated alkanes) is 29. The molecule has 576 valence electrons. The van der Waals surface area contributed by atoms with Gasteiger partial charge in [0, 0.05) is 25.7 Å². The number of hydrogen-bond donors (Lipinski definition) is 3. The average molecular weight is 1450 g/mol. The monoisotopic (exact) mass is 1450 g/mol. The van der Waals surface area contributed by atoms with Crippen LogP contribution in [0.5, 0.6) is 0 Å². The summed E-state index contributed by atoms with van der Waals surface area (Å²) in [6.45, 7) is 4.58. The zero-order valence-electron chi connectivity index (χ0n) is 62.8. The summed E-state index contributed by atoms with van der Waals surface area (Å²) in [5, 5.41) is 10.6. The summed E-state index contributed by atoms with van der Waals surface area (Å²) in [5.74, 6) is -2.22. The minimum Gasteiger partial charge on any atom is -0.462 e. The Bertz CT molecular complexity index is 2320. The molecule has 0 aliphatic rings. The van der Waals surface area contributed by atoms with Crippen molar-refractivity contribution in [2.75, 3.05) is 39.6 Å². The summed E-state index contributed by atoms with van der Waals surface area (Å²) >= 11 is 0. The fourth-order valence-corrected chi connectivity index (χ4v) is 11.9. The number of aliphatic hydroxyl groups excluding tert-OH is 1. The van der Waals surface area contributed by atoms with E-state index in [2.05, 4.69) is 137 Å². The van der Waals surface area contributed by atoms with Crippen LogP contribution in [0.15, 0.2) is 109 Å². The minimum atomic E-state index is -4.98. The van der Waals surface area contributed by atoms with Gasteiger partial charge in [-0.05, 0) is 148 Å². The van der Waals surface area contributed by atoms with Crippen LogP contribution < -0.4 is 0 Å². The third kappa shape index (κ3) is 72.1. The fourth-order valence-electron chi connectivity index (χ4n) is 10.3. The Morgan fingerprint density at radius 2 is 0.520 bits per heavy atom. The lowest BCUT2D eigenvalue weighted by Crippen LogP contribution is -2.30. The third-order valence-electron chi connectivity index (χ3n) is 16.2. The number of hydrogen-bond acceptors (Lipinski definition) is 15. The Labute approximate surface area is 607 Å². The molecule has 5 atom stereocenters. The molecule has 0 aromatic rings.